The maximum atomic E-state index is 5.16. The molecule has 1 aliphatic rings. The summed E-state index contributed by atoms with van der Waals surface area (Å²) >= 11 is 3.25. The molecular weight excluding hydrogens is 220 g/mol. The number of hydrogen-bond donors (Lipinski definition) is 0. The Labute approximate surface area is 79.3 Å². The highest BCUT2D eigenvalue weighted by molar-refractivity contribution is 9.10. The first-order chi connectivity index (χ1) is 5.81. The van der Waals surface area contributed by atoms with Crippen LogP contribution < -0.4 is 4.74 Å². The SMILES string of the molecule is COc1nc(Br)nc2c1CCC2. The zero-order valence-corrected chi connectivity index (χ0v) is 8.39. The number of methoxy groups -OCH3 is 1. The first kappa shape index (κ1) is 7.98. The average Bonchev–Trinajstić information content (AvgIpc) is 2.50. The Morgan fingerprint density at radius 2 is 2.17 bits per heavy atom. The van der Waals surface area contributed by atoms with Crippen molar-refractivity contribution < 1.29 is 4.74 Å². The molecule has 0 aromatic carbocycles. The van der Waals surface area contributed by atoms with E-state index in [4.69, 9.17) is 4.74 Å². The monoisotopic (exact) mass is 228 g/mol. The van der Waals surface area contributed by atoms with Gasteiger partial charge in [-0.3, -0.25) is 0 Å². The molecule has 1 aromatic rings. The molecule has 0 atom stereocenters. The number of aromatic nitrogens is 2. The van der Waals surface area contributed by atoms with Crippen LogP contribution in [-0.4, -0.2) is 17.1 Å². The standard InChI is InChI=1S/C8H9BrN2O/c1-12-7-5-3-2-4-6(5)10-8(9)11-7/h2-4H2,1H3. The lowest BCUT2D eigenvalue weighted by Crippen LogP contribution is -1.98. The summed E-state index contributed by atoms with van der Waals surface area (Å²) in [7, 11) is 1.65. The van der Waals surface area contributed by atoms with Gasteiger partial charge in [0.05, 0.1) is 12.8 Å². The molecule has 0 bridgehead atoms. The average molecular weight is 229 g/mol. The molecule has 0 N–H and O–H groups in total. The number of ether oxygens (including phenoxy) is 1. The minimum Gasteiger partial charge on any atom is -0.481 e. The van der Waals surface area contributed by atoms with E-state index in [1.165, 1.54) is 5.56 Å². The summed E-state index contributed by atoms with van der Waals surface area (Å²) in [5.41, 5.74) is 2.31. The van der Waals surface area contributed by atoms with Gasteiger partial charge in [0.2, 0.25) is 5.88 Å². The lowest BCUT2D eigenvalue weighted by Gasteiger charge is -2.04. The van der Waals surface area contributed by atoms with E-state index in [-0.39, 0.29) is 0 Å². The van der Waals surface area contributed by atoms with Gasteiger partial charge in [-0.15, -0.1) is 0 Å². The van der Waals surface area contributed by atoms with Crippen molar-refractivity contribution in [2.24, 2.45) is 0 Å². The van der Waals surface area contributed by atoms with E-state index in [0.29, 0.717) is 4.73 Å². The Bertz CT molecular complexity index is 314. The third kappa shape index (κ3) is 1.20. The fourth-order valence-electron chi connectivity index (χ4n) is 1.54. The molecule has 0 fully saturated rings. The Morgan fingerprint density at radius 3 is 2.92 bits per heavy atom. The molecule has 64 valence electrons. The van der Waals surface area contributed by atoms with Gasteiger partial charge in [-0.2, -0.15) is 4.98 Å². The minimum absolute atomic E-state index is 0.625. The van der Waals surface area contributed by atoms with Crippen LogP contribution >= 0.6 is 15.9 Å². The van der Waals surface area contributed by atoms with Gasteiger partial charge in [0, 0.05) is 5.56 Å². The third-order valence-corrected chi connectivity index (χ3v) is 2.42. The van der Waals surface area contributed by atoms with Crippen molar-refractivity contribution in [3.63, 3.8) is 0 Å². The molecule has 12 heavy (non-hydrogen) atoms. The van der Waals surface area contributed by atoms with Gasteiger partial charge in [0.25, 0.3) is 0 Å². The van der Waals surface area contributed by atoms with E-state index < -0.39 is 0 Å². The van der Waals surface area contributed by atoms with Crippen molar-refractivity contribution >= 4 is 15.9 Å². The van der Waals surface area contributed by atoms with Crippen LogP contribution in [-0.2, 0) is 12.8 Å². The molecule has 2 rings (SSSR count). The first-order valence-electron chi connectivity index (χ1n) is 3.90. The van der Waals surface area contributed by atoms with Crippen molar-refractivity contribution in [3.8, 4) is 5.88 Å². The second-order valence-corrected chi connectivity index (χ2v) is 3.49. The summed E-state index contributed by atoms with van der Waals surface area (Å²) in [5, 5.41) is 0. The van der Waals surface area contributed by atoms with Crippen LogP contribution in [0.5, 0.6) is 5.88 Å². The van der Waals surface area contributed by atoms with E-state index in [9.17, 15) is 0 Å². The summed E-state index contributed by atoms with van der Waals surface area (Å²) in [4.78, 5) is 8.43. The fraction of sp³-hybridized carbons (Fsp3) is 0.500. The zero-order valence-electron chi connectivity index (χ0n) is 6.80. The third-order valence-electron chi connectivity index (χ3n) is 2.06. The smallest absolute Gasteiger partial charge is 0.220 e. The van der Waals surface area contributed by atoms with Crippen molar-refractivity contribution in [2.45, 2.75) is 19.3 Å². The lowest BCUT2D eigenvalue weighted by atomic mass is 10.2. The maximum Gasteiger partial charge on any atom is 0.220 e. The fourth-order valence-corrected chi connectivity index (χ4v) is 1.91. The van der Waals surface area contributed by atoms with Crippen LogP contribution in [0.15, 0.2) is 4.73 Å². The molecule has 0 saturated carbocycles. The zero-order chi connectivity index (χ0) is 8.55. The van der Waals surface area contributed by atoms with Crippen LogP contribution in [0.2, 0.25) is 0 Å². The molecule has 0 spiro atoms. The second-order valence-electron chi connectivity index (χ2n) is 2.78. The highest BCUT2D eigenvalue weighted by Gasteiger charge is 2.18. The van der Waals surface area contributed by atoms with Gasteiger partial charge < -0.3 is 4.74 Å². The van der Waals surface area contributed by atoms with E-state index >= 15 is 0 Å². The topological polar surface area (TPSA) is 35.0 Å². The Kier molecular flexibility index (Phi) is 2.00. The van der Waals surface area contributed by atoms with Crippen LogP contribution in [0.1, 0.15) is 17.7 Å². The highest BCUT2D eigenvalue weighted by Crippen LogP contribution is 2.28. The van der Waals surface area contributed by atoms with Gasteiger partial charge in [0.1, 0.15) is 0 Å². The summed E-state index contributed by atoms with van der Waals surface area (Å²) in [6.45, 7) is 0. The predicted molar refractivity (Wildman–Crippen MR) is 48.3 cm³/mol. The summed E-state index contributed by atoms with van der Waals surface area (Å²) in [6.07, 6.45) is 3.26. The van der Waals surface area contributed by atoms with E-state index in [0.717, 1.165) is 30.8 Å². The van der Waals surface area contributed by atoms with Gasteiger partial charge in [0.15, 0.2) is 4.73 Å². The highest BCUT2D eigenvalue weighted by atomic mass is 79.9. The summed E-state index contributed by atoms with van der Waals surface area (Å²) in [6, 6.07) is 0. The van der Waals surface area contributed by atoms with E-state index in [1.54, 1.807) is 7.11 Å². The second kappa shape index (κ2) is 3.01. The number of nitrogens with zero attached hydrogens (tertiary/aromatic N) is 2. The molecule has 0 saturated heterocycles. The summed E-state index contributed by atoms with van der Waals surface area (Å²) < 4.78 is 5.78. The molecule has 3 nitrogen and oxygen atoms in total. The van der Waals surface area contributed by atoms with Gasteiger partial charge >= 0.3 is 0 Å². The quantitative estimate of drug-likeness (QED) is 0.688. The predicted octanol–water partition coefficient (Wildman–Crippen LogP) is 1.74. The summed E-state index contributed by atoms with van der Waals surface area (Å²) in [5.74, 6) is 0.726. The van der Waals surface area contributed by atoms with Crippen LogP contribution in [0.25, 0.3) is 0 Å². The Balaban J connectivity index is 2.55. The van der Waals surface area contributed by atoms with E-state index in [1.807, 2.05) is 0 Å². The maximum absolute atomic E-state index is 5.16. The number of hydrogen-bond acceptors (Lipinski definition) is 3. The largest absolute Gasteiger partial charge is 0.481 e. The van der Waals surface area contributed by atoms with Crippen LogP contribution in [0, 0.1) is 0 Å². The van der Waals surface area contributed by atoms with Crippen molar-refractivity contribution in [1.82, 2.24) is 9.97 Å². The number of halogens is 1. The normalized spacial score (nSPS) is 14.5. The lowest BCUT2D eigenvalue weighted by molar-refractivity contribution is 0.391. The molecule has 0 radical (unpaired) electrons. The van der Waals surface area contributed by atoms with Gasteiger partial charge in [-0.1, -0.05) is 0 Å². The van der Waals surface area contributed by atoms with Crippen LogP contribution in [0.3, 0.4) is 0 Å². The first-order valence-corrected chi connectivity index (χ1v) is 4.70. The molecule has 1 aliphatic carbocycles. The van der Waals surface area contributed by atoms with E-state index in [2.05, 4.69) is 25.9 Å². The minimum atomic E-state index is 0.625. The number of aryl methyl sites for hydroxylation is 1. The van der Waals surface area contributed by atoms with Crippen molar-refractivity contribution in [1.29, 1.82) is 0 Å². The molecule has 4 heteroatoms. The molecular formula is C8H9BrN2O. The number of rotatable bonds is 1. The van der Waals surface area contributed by atoms with Gasteiger partial charge in [-0.25, -0.2) is 4.98 Å². The molecule has 0 amide bonds. The molecule has 0 aliphatic heterocycles. The Morgan fingerprint density at radius 1 is 1.33 bits per heavy atom. The Hall–Kier alpha value is -0.640. The molecule has 1 heterocycles. The molecule has 0 unspecified atom stereocenters. The molecule has 1 aromatic heterocycles. The van der Waals surface area contributed by atoms with Crippen LogP contribution in [0.4, 0.5) is 0 Å². The number of fused-ring (bicyclic) bond motifs is 1. The van der Waals surface area contributed by atoms with Gasteiger partial charge in [-0.05, 0) is 35.2 Å². The van der Waals surface area contributed by atoms with Crippen molar-refractivity contribution in [3.05, 3.63) is 16.0 Å². The van der Waals surface area contributed by atoms with Crippen molar-refractivity contribution in [2.75, 3.05) is 7.11 Å².